The first-order valence-corrected chi connectivity index (χ1v) is 6.96. The predicted octanol–water partition coefficient (Wildman–Crippen LogP) is 3.33. The van der Waals surface area contributed by atoms with Gasteiger partial charge in [0.1, 0.15) is 5.82 Å². The van der Waals surface area contributed by atoms with Crippen LogP contribution in [0, 0.1) is 6.92 Å². The smallest absolute Gasteiger partial charge is 0.149 e. The van der Waals surface area contributed by atoms with E-state index in [-0.39, 0.29) is 6.04 Å². The Kier molecular flexibility index (Phi) is 4.88. The van der Waals surface area contributed by atoms with Gasteiger partial charge >= 0.3 is 0 Å². The van der Waals surface area contributed by atoms with Crippen LogP contribution >= 0.6 is 0 Å². The second-order valence-corrected chi connectivity index (χ2v) is 5.07. The van der Waals surface area contributed by atoms with Crippen LogP contribution in [0.25, 0.3) is 0 Å². The minimum Gasteiger partial charge on any atom is -0.307 e. The molecular weight excluding hydrogens is 222 g/mol. The molecule has 98 valence electrons. The minimum absolute atomic E-state index is 0.184. The molecule has 0 radical (unpaired) electrons. The van der Waals surface area contributed by atoms with Gasteiger partial charge in [0.2, 0.25) is 0 Å². The molecule has 0 aliphatic heterocycles. The molecular formula is C15H23N3. The molecule has 1 aromatic rings. The lowest BCUT2D eigenvalue weighted by molar-refractivity contribution is 0.558. The Labute approximate surface area is 110 Å². The molecule has 1 unspecified atom stereocenters. The largest absolute Gasteiger partial charge is 0.307 e. The Bertz CT molecular complexity index is 395. The van der Waals surface area contributed by atoms with E-state index in [4.69, 9.17) is 0 Å². The van der Waals surface area contributed by atoms with Crippen molar-refractivity contribution in [3.63, 3.8) is 0 Å². The normalized spacial score (nSPS) is 18.7. The monoisotopic (exact) mass is 245 g/mol. The Hall–Kier alpha value is -1.22. The Morgan fingerprint density at radius 3 is 2.56 bits per heavy atom. The van der Waals surface area contributed by atoms with Crippen molar-refractivity contribution in [3.05, 3.63) is 35.4 Å². The van der Waals surface area contributed by atoms with Crippen LogP contribution in [-0.2, 0) is 0 Å². The first-order chi connectivity index (χ1) is 8.81. The molecule has 1 aliphatic rings. The molecule has 1 atom stereocenters. The second-order valence-electron chi connectivity index (χ2n) is 5.07. The highest BCUT2D eigenvalue weighted by atomic mass is 15.0. The maximum Gasteiger partial charge on any atom is 0.149 e. The van der Waals surface area contributed by atoms with Crippen molar-refractivity contribution < 1.29 is 0 Å². The van der Waals surface area contributed by atoms with Gasteiger partial charge in [-0.1, -0.05) is 18.9 Å². The van der Waals surface area contributed by atoms with Crippen LogP contribution in [0.1, 0.15) is 56.0 Å². The molecule has 0 aromatic carbocycles. The summed E-state index contributed by atoms with van der Waals surface area (Å²) in [6, 6.07) is 0.184. The van der Waals surface area contributed by atoms with E-state index >= 15 is 0 Å². The quantitative estimate of drug-likeness (QED) is 0.830. The lowest BCUT2D eigenvalue weighted by atomic mass is 9.94. The van der Waals surface area contributed by atoms with Crippen molar-refractivity contribution in [1.82, 2.24) is 15.3 Å². The van der Waals surface area contributed by atoms with Gasteiger partial charge in [-0.15, -0.1) is 0 Å². The van der Waals surface area contributed by atoms with E-state index in [0.717, 1.165) is 11.4 Å². The Balaban J connectivity index is 2.18. The van der Waals surface area contributed by atoms with Crippen molar-refractivity contribution >= 4 is 0 Å². The SMILES string of the molecule is CNC(C1=CCCCCCC1)c1ncc(C)cn1. The van der Waals surface area contributed by atoms with Gasteiger partial charge in [-0.2, -0.15) is 0 Å². The maximum atomic E-state index is 4.46. The van der Waals surface area contributed by atoms with Crippen LogP contribution in [-0.4, -0.2) is 17.0 Å². The second kappa shape index (κ2) is 6.64. The summed E-state index contributed by atoms with van der Waals surface area (Å²) >= 11 is 0. The number of allylic oxidation sites excluding steroid dienone is 1. The fourth-order valence-electron chi connectivity index (χ4n) is 2.51. The zero-order valence-electron chi connectivity index (χ0n) is 11.4. The first-order valence-electron chi connectivity index (χ1n) is 6.96. The summed E-state index contributed by atoms with van der Waals surface area (Å²) in [4.78, 5) is 8.93. The average molecular weight is 245 g/mol. The highest BCUT2D eigenvalue weighted by Crippen LogP contribution is 2.26. The third-order valence-corrected chi connectivity index (χ3v) is 3.54. The molecule has 0 saturated carbocycles. The number of aromatic nitrogens is 2. The number of hydrogen-bond acceptors (Lipinski definition) is 3. The fourth-order valence-corrected chi connectivity index (χ4v) is 2.51. The van der Waals surface area contributed by atoms with E-state index in [1.165, 1.54) is 44.1 Å². The summed E-state index contributed by atoms with van der Waals surface area (Å²) in [6.07, 6.45) is 13.9. The van der Waals surface area contributed by atoms with E-state index < -0.39 is 0 Å². The number of rotatable bonds is 3. The van der Waals surface area contributed by atoms with Gasteiger partial charge in [-0.3, -0.25) is 0 Å². The van der Waals surface area contributed by atoms with E-state index in [1.807, 2.05) is 26.4 Å². The van der Waals surface area contributed by atoms with Gasteiger partial charge in [0.25, 0.3) is 0 Å². The molecule has 0 spiro atoms. The summed E-state index contributed by atoms with van der Waals surface area (Å²) in [5.41, 5.74) is 2.57. The van der Waals surface area contributed by atoms with E-state index in [0.29, 0.717) is 0 Å². The summed E-state index contributed by atoms with van der Waals surface area (Å²) in [5.74, 6) is 0.898. The molecule has 2 rings (SSSR count). The molecule has 0 bridgehead atoms. The van der Waals surface area contributed by atoms with Crippen molar-refractivity contribution in [2.24, 2.45) is 0 Å². The highest BCUT2D eigenvalue weighted by molar-refractivity contribution is 5.19. The molecule has 3 heteroatoms. The van der Waals surface area contributed by atoms with Gasteiger partial charge in [-0.05, 0) is 50.8 Å². The number of nitrogens with one attached hydrogen (secondary N) is 1. The van der Waals surface area contributed by atoms with Crippen LogP contribution < -0.4 is 5.32 Å². The molecule has 3 nitrogen and oxygen atoms in total. The molecule has 0 saturated heterocycles. The molecule has 0 amide bonds. The number of nitrogens with zero attached hydrogens (tertiary/aromatic N) is 2. The topological polar surface area (TPSA) is 37.8 Å². The molecule has 1 heterocycles. The summed E-state index contributed by atoms with van der Waals surface area (Å²) in [6.45, 7) is 2.02. The number of likely N-dealkylation sites (N-methyl/N-ethyl adjacent to an activating group) is 1. The zero-order chi connectivity index (χ0) is 12.8. The van der Waals surface area contributed by atoms with Gasteiger partial charge < -0.3 is 5.32 Å². The zero-order valence-corrected chi connectivity index (χ0v) is 11.4. The molecule has 1 aromatic heterocycles. The molecule has 1 N–H and O–H groups in total. The van der Waals surface area contributed by atoms with Crippen molar-refractivity contribution in [2.45, 2.75) is 51.5 Å². The lowest BCUT2D eigenvalue weighted by Crippen LogP contribution is -2.21. The first kappa shape index (κ1) is 13.2. The average Bonchev–Trinajstić information content (AvgIpc) is 2.34. The van der Waals surface area contributed by atoms with Gasteiger partial charge in [0.15, 0.2) is 0 Å². The number of hydrogen-bond donors (Lipinski definition) is 1. The van der Waals surface area contributed by atoms with Gasteiger partial charge in [0.05, 0.1) is 6.04 Å². The number of aryl methyl sites for hydroxylation is 1. The summed E-state index contributed by atoms with van der Waals surface area (Å²) in [7, 11) is 1.99. The van der Waals surface area contributed by atoms with Gasteiger partial charge in [0, 0.05) is 12.4 Å². The fraction of sp³-hybridized carbons (Fsp3) is 0.600. The van der Waals surface area contributed by atoms with Crippen LogP contribution in [0.5, 0.6) is 0 Å². The van der Waals surface area contributed by atoms with Crippen LogP contribution in [0.15, 0.2) is 24.0 Å². The van der Waals surface area contributed by atoms with Crippen LogP contribution in [0.2, 0.25) is 0 Å². The summed E-state index contributed by atoms with van der Waals surface area (Å²) < 4.78 is 0. The highest BCUT2D eigenvalue weighted by Gasteiger charge is 2.17. The van der Waals surface area contributed by atoms with Crippen molar-refractivity contribution in [2.75, 3.05) is 7.05 Å². The predicted molar refractivity (Wildman–Crippen MR) is 74.4 cm³/mol. The third kappa shape index (κ3) is 3.39. The lowest BCUT2D eigenvalue weighted by Gasteiger charge is -2.20. The van der Waals surface area contributed by atoms with Crippen molar-refractivity contribution in [1.29, 1.82) is 0 Å². The Morgan fingerprint density at radius 2 is 1.83 bits per heavy atom. The summed E-state index contributed by atoms with van der Waals surface area (Å²) in [5, 5.41) is 3.36. The third-order valence-electron chi connectivity index (χ3n) is 3.54. The van der Waals surface area contributed by atoms with E-state index in [2.05, 4.69) is 21.4 Å². The molecule has 0 fully saturated rings. The molecule has 1 aliphatic carbocycles. The van der Waals surface area contributed by atoms with Crippen molar-refractivity contribution in [3.8, 4) is 0 Å². The van der Waals surface area contributed by atoms with Crippen LogP contribution in [0.3, 0.4) is 0 Å². The minimum atomic E-state index is 0.184. The van der Waals surface area contributed by atoms with E-state index in [1.54, 1.807) is 0 Å². The molecule has 18 heavy (non-hydrogen) atoms. The van der Waals surface area contributed by atoms with Gasteiger partial charge in [-0.25, -0.2) is 9.97 Å². The standard InChI is InChI=1S/C15H23N3/c1-12-10-17-15(18-11-12)14(16-2)13-8-6-4-3-5-7-9-13/h8,10-11,14,16H,3-7,9H2,1-2H3. The maximum absolute atomic E-state index is 4.46. The van der Waals surface area contributed by atoms with E-state index in [9.17, 15) is 0 Å². The van der Waals surface area contributed by atoms with Crippen LogP contribution in [0.4, 0.5) is 0 Å². The Morgan fingerprint density at radius 1 is 1.11 bits per heavy atom.